The lowest BCUT2D eigenvalue weighted by molar-refractivity contribution is -0.114. The summed E-state index contributed by atoms with van der Waals surface area (Å²) in [5.74, 6) is 2.07. The zero-order chi connectivity index (χ0) is 20.2. The highest BCUT2D eigenvalue weighted by Gasteiger charge is 2.23. The Morgan fingerprint density at radius 2 is 2.03 bits per heavy atom. The molecule has 2 heterocycles. The van der Waals surface area contributed by atoms with Crippen LogP contribution in [0.1, 0.15) is 12.0 Å². The number of hydrogen-bond acceptors (Lipinski definition) is 5. The van der Waals surface area contributed by atoms with E-state index in [-0.39, 0.29) is 12.0 Å². The summed E-state index contributed by atoms with van der Waals surface area (Å²) in [4.78, 5) is 16.7. The molecule has 1 unspecified atom stereocenters. The normalized spacial score (nSPS) is 19.1. The van der Waals surface area contributed by atoms with Gasteiger partial charge in [0.1, 0.15) is 18.5 Å². The number of carbonyl (C=O) groups is 1. The van der Waals surface area contributed by atoms with E-state index in [1.807, 2.05) is 42.5 Å². The van der Waals surface area contributed by atoms with Crippen LogP contribution in [0.2, 0.25) is 0 Å². The number of methoxy groups -OCH3 is 1. The van der Waals surface area contributed by atoms with Gasteiger partial charge < -0.3 is 24.0 Å². The van der Waals surface area contributed by atoms with Crippen LogP contribution < -0.4 is 19.1 Å². The molecule has 2 aliphatic rings. The first-order chi connectivity index (χ1) is 14.1. The van der Waals surface area contributed by atoms with E-state index in [9.17, 15) is 4.79 Å². The minimum atomic E-state index is -0.0750. The summed E-state index contributed by atoms with van der Waals surface area (Å²) in [5.41, 5.74) is 1.68. The maximum absolute atomic E-state index is 12.7. The molecule has 1 atom stereocenters. The van der Waals surface area contributed by atoms with Crippen LogP contribution in [0.3, 0.4) is 0 Å². The van der Waals surface area contributed by atoms with Gasteiger partial charge in [-0.15, -0.1) is 0 Å². The summed E-state index contributed by atoms with van der Waals surface area (Å²) in [6.45, 7) is 2.99. The van der Waals surface area contributed by atoms with Gasteiger partial charge in [-0.05, 0) is 49.4 Å². The molecule has 0 N–H and O–H groups in total. The van der Waals surface area contributed by atoms with Gasteiger partial charge in [0.15, 0.2) is 11.5 Å². The van der Waals surface area contributed by atoms with Crippen molar-refractivity contribution in [1.29, 1.82) is 0 Å². The van der Waals surface area contributed by atoms with E-state index >= 15 is 0 Å². The molecule has 0 aromatic heterocycles. The minimum Gasteiger partial charge on any atom is -0.493 e. The number of para-hydroxylation sites is 2. The second kappa shape index (κ2) is 8.57. The van der Waals surface area contributed by atoms with Gasteiger partial charge in [-0.25, -0.2) is 0 Å². The third kappa shape index (κ3) is 4.38. The molecule has 6 nitrogen and oxygen atoms in total. The van der Waals surface area contributed by atoms with Crippen molar-refractivity contribution in [3.05, 3.63) is 54.1 Å². The Labute approximate surface area is 171 Å². The quantitative estimate of drug-likeness (QED) is 0.729. The fourth-order valence-corrected chi connectivity index (χ4v) is 3.71. The first-order valence-electron chi connectivity index (χ1n) is 9.88. The van der Waals surface area contributed by atoms with Gasteiger partial charge >= 0.3 is 0 Å². The zero-order valence-electron chi connectivity index (χ0n) is 16.8. The summed E-state index contributed by atoms with van der Waals surface area (Å²) in [7, 11) is 3.73. The van der Waals surface area contributed by atoms with Crippen LogP contribution in [-0.4, -0.2) is 57.3 Å². The number of rotatable bonds is 5. The molecule has 6 heteroatoms. The van der Waals surface area contributed by atoms with Gasteiger partial charge in [0, 0.05) is 19.2 Å². The lowest BCUT2D eigenvalue weighted by atomic mass is 10.1. The molecule has 0 bridgehead atoms. The number of nitrogens with zero attached hydrogens (tertiary/aromatic N) is 2. The lowest BCUT2D eigenvalue weighted by Gasteiger charge is -2.28. The number of anilines is 1. The summed E-state index contributed by atoms with van der Waals surface area (Å²) in [6.07, 6.45) is 4.58. The molecule has 1 amide bonds. The number of hydrogen-bond donors (Lipinski definition) is 0. The largest absolute Gasteiger partial charge is 0.493 e. The van der Waals surface area contributed by atoms with E-state index in [4.69, 9.17) is 14.2 Å². The van der Waals surface area contributed by atoms with E-state index in [1.165, 1.54) is 0 Å². The monoisotopic (exact) mass is 394 g/mol. The summed E-state index contributed by atoms with van der Waals surface area (Å²) >= 11 is 0. The van der Waals surface area contributed by atoms with E-state index in [2.05, 4.69) is 11.9 Å². The average Bonchev–Trinajstić information content (AvgIpc) is 3.16. The van der Waals surface area contributed by atoms with Crippen LogP contribution in [0.15, 0.2) is 48.5 Å². The number of carbonyl (C=O) groups excluding carboxylic acids is 1. The Bertz CT molecular complexity index is 912. The molecule has 29 heavy (non-hydrogen) atoms. The highest BCUT2D eigenvalue weighted by Crippen LogP contribution is 2.32. The van der Waals surface area contributed by atoms with Crippen LogP contribution in [0.5, 0.6) is 17.2 Å². The van der Waals surface area contributed by atoms with Crippen molar-refractivity contribution in [1.82, 2.24) is 4.90 Å². The third-order valence-corrected chi connectivity index (χ3v) is 5.24. The summed E-state index contributed by atoms with van der Waals surface area (Å²) in [5, 5.41) is 0. The van der Waals surface area contributed by atoms with E-state index in [0.717, 1.165) is 42.3 Å². The molecule has 0 aliphatic carbocycles. The molecule has 0 saturated carbocycles. The van der Waals surface area contributed by atoms with Crippen LogP contribution in [0.4, 0.5) is 5.69 Å². The first kappa shape index (κ1) is 19.3. The lowest BCUT2D eigenvalue weighted by Crippen LogP contribution is -2.36. The fourth-order valence-electron chi connectivity index (χ4n) is 3.71. The number of likely N-dealkylation sites (N-methyl/N-ethyl adjacent to an activating group) is 1. The zero-order valence-corrected chi connectivity index (χ0v) is 16.8. The smallest absolute Gasteiger partial charge is 0.251 e. The Morgan fingerprint density at radius 3 is 2.83 bits per heavy atom. The number of amides is 1. The number of benzene rings is 2. The predicted molar refractivity (Wildman–Crippen MR) is 113 cm³/mol. The Kier molecular flexibility index (Phi) is 5.71. The van der Waals surface area contributed by atoms with Crippen LogP contribution in [0, 0.1) is 0 Å². The molecule has 2 aromatic carbocycles. The Hall–Kier alpha value is -2.99. The molecule has 0 spiro atoms. The van der Waals surface area contributed by atoms with Crippen molar-refractivity contribution < 1.29 is 19.0 Å². The molecule has 1 fully saturated rings. The van der Waals surface area contributed by atoms with Gasteiger partial charge in [-0.3, -0.25) is 4.79 Å². The summed E-state index contributed by atoms with van der Waals surface area (Å²) in [6, 6.07) is 13.3. The maximum atomic E-state index is 12.7. The Balaban J connectivity index is 1.46. The van der Waals surface area contributed by atoms with Crippen LogP contribution >= 0.6 is 0 Å². The van der Waals surface area contributed by atoms with Crippen molar-refractivity contribution in [2.75, 3.05) is 45.3 Å². The standard InChI is InChI=1S/C23H26N2O4/c1-24-12-11-18(16-24)29-21-9-7-17(15-22(21)27-2)8-10-23(26)25-13-14-28-20-6-4-3-5-19(20)25/h3-10,15,18H,11-14,16H2,1-2H3/b10-8+. The van der Waals surface area contributed by atoms with Gasteiger partial charge in [-0.1, -0.05) is 18.2 Å². The topological polar surface area (TPSA) is 51.2 Å². The Morgan fingerprint density at radius 1 is 1.17 bits per heavy atom. The fraction of sp³-hybridized carbons (Fsp3) is 0.348. The van der Waals surface area contributed by atoms with E-state index in [0.29, 0.717) is 18.9 Å². The van der Waals surface area contributed by atoms with Crippen molar-refractivity contribution in [2.45, 2.75) is 12.5 Å². The maximum Gasteiger partial charge on any atom is 0.251 e. The SMILES string of the molecule is COc1cc(/C=C/C(=O)N2CCOc3ccccc32)ccc1OC1CCN(C)C1. The number of likely N-dealkylation sites (tertiary alicyclic amines) is 1. The van der Waals surface area contributed by atoms with Gasteiger partial charge in [0.25, 0.3) is 5.91 Å². The molecule has 1 saturated heterocycles. The highest BCUT2D eigenvalue weighted by atomic mass is 16.5. The van der Waals surface area contributed by atoms with Crippen molar-refractivity contribution >= 4 is 17.7 Å². The molecule has 2 aliphatic heterocycles. The molecular weight excluding hydrogens is 368 g/mol. The molecule has 152 valence electrons. The third-order valence-electron chi connectivity index (χ3n) is 5.24. The number of fused-ring (bicyclic) bond motifs is 1. The van der Waals surface area contributed by atoms with Gasteiger partial charge in [-0.2, -0.15) is 0 Å². The van der Waals surface area contributed by atoms with Gasteiger partial charge in [0.2, 0.25) is 0 Å². The second-order valence-corrected chi connectivity index (χ2v) is 7.34. The first-order valence-corrected chi connectivity index (χ1v) is 9.88. The molecular formula is C23H26N2O4. The molecule has 2 aromatic rings. The highest BCUT2D eigenvalue weighted by molar-refractivity contribution is 6.05. The van der Waals surface area contributed by atoms with Gasteiger partial charge in [0.05, 0.1) is 19.3 Å². The molecule has 0 radical (unpaired) electrons. The predicted octanol–water partition coefficient (Wildman–Crippen LogP) is 3.22. The van der Waals surface area contributed by atoms with Crippen LogP contribution in [-0.2, 0) is 4.79 Å². The van der Waals surface area contributed by atoms with E-state index < -0.39 is 0 Å². The van der Waals surface area contributed by atoms with Crippen molar-refractivity contribution in [3.8, 4) is 17.2 Å². The molecule has 4 rings (SSSR count). The second-order valence-electron chi connectivity index (χ2n) is 7.34. The van der Waals surface area contributed by atoms with Crippen molar-refractivity contribution in [2.24, 2.45) is 0 Å². The number of ether oxygens (including phenoxy) is 3. The van der Waals surface area contributed by atoms with Crippen molar-refractivity contribution in [3.63, 3.8) is 0 Å². The summed E-state index contributed by atoms with van der Waals surface area (Å²) < 4.78 is 17.2. The minimum absolute atomic E-state index is 0.0750. The van der Waals surface area contributed by atoms with Crippen LogP contribution in [0.25, 0.3) is 6.08 Å². The average molecular weight is 394 g/mol. The van der Waals surface area contributed by atoms with E-state index in [1.54, 1.807) is 24.2 Å².